The zero-order valence-corrected chi connectivity index (χ0v) is 14.1. The fraction of sp³-hybridized carbons (Fsp3) is 0.529. The second kappa shape index (κ2) is 4.94. The van der Waals surface area contributed by atoms with Crippen LogP contribution >= 0.6 is 15.9 Å². The number of nitrogens with one attached hydrogen (secondary N) is 1. The van der Waals surface area contributed by atoms with Gasteiger partial charge < -0.3 is 10.1 Å². The van der Waals surface area contributed by atoms with Crippen LogP contribution in [-0.2, 0) is 4.79 Å². The maximum atomic E-state index is 13.6. The topological polar surface area (TPSA) is 62.1 Å². The van der Waals surface area contributed by atoms with Crippen molar-refractivity contribution in [3.63, 3.8) is 0 Å². The molecule has 2 saturated carbocycles. The average molecular weight is 379 g/mol. The van der Waals surface area contributed by atoms with E-state index in [0.717, 1.165) is 31.2 Å². The van der Waals surface area contributed by atoms with Gasteiger partial charge in [-0.15, -0.1) is 0 Å². The average Bonchev–Trinajstić information content (AvgIpc) is 2.80. The monoisotopic (exact) mass is 378 g/mol. The third-order valence-corrected chi connectivity index (χ3v) is 6.27. The minimum absolute atomic E-state index is 0.114. The quantitative estimate of drug-likeness (QED) is 0.854. The smallest absolute Gasteiger partial charge is 0.241 e. The summed E-state index contributed by atoms with van der Waals surface area (Å²) < 4.78 is 19.4. The summed E-state index contributed by atoms with van der Waals surface area (Å²) in [6, 6.07) is 4.91. The zero-order valence-electron chi connectivity index (χ0n) is 12.5. The van der Waals surface area contributed by atoms with Crippen molar-refractivity contribution in [3.8, 4) is 11.8 Å². The first-order valence-corrected chi connectivity index (χ1v) is 8.65. The number of rotatable bonds is 2. The first-order chi connectivity index (χ1) is 11.0. The van der Waals surface area contributed by atoms with Crippen molar-refractivity contribution >= 4 is 21.8 Å². The highest BCUT2D eigenvalue weighted by Gasteiger charge is 2.73. The van der Waals surface area contributed by atoms with Crippen LogP contribution in [0.5, 0.6) is 5.75 Å². The molecule has 0 radical (unpaired) electrons. The molecule has 0 aromatic heterocycles. The van der Waals surface area contributed by atoms with Crippen molar-refractivity contribution in [2.45, 2.75) is 38.1 Å². The van der Waals surface area contributed by atoms with E-state index < -0.39 is 11.2 Å². The maximum absolute atomic E-state index is 13.6. The third-order valence-electron chi connectivity index (χ3n) is 5.66. The van der Waals surface area contributed by atoms with Crippen molar-refractivity contribution in [2.75, 3.05) is 6.61 Å². The predicted molar refractivity (Wildman–Crippen MR) is 84.0 cm³/mol. The van der Waals surface area contributed by atoms with Gasteiger partial charge in [-0.25, -0.2) is 4.39 Å². The van der Waals surface area contributed by atoms with Gasteiger partial charge in [-0.2, -0.15) is 5.26 Å². The van der Waals surface area contributed by atoms with Gasteiger partial charge in [0.05, 0.1) is 16.6 Å². The second-order valence-electron chi connectivity index (χ2n) is 6.82. The Morgan fingerprint density at radius 2 is 2.17 bits per heavy atom. The summed E-state index contributed by atoms with van der Waals surface area (Å²) in [6.07, 6.45) is 4.78. The van der Waals surface area contributed by atoms with E-state index in [0.29, 0.717) is 16.6 Å². The molecule has 0 unspecified atom stereocenters. The third kappa shape index (κ3) is 2.02. The molecule has 0 saturated heterocycles. The lowest BCUT2D eigenvalue weighted by Gasteiger charge is -2.18. The van der Waals surface area contributed by atoms with E-state index in [1.807, 2.05) is 0 Å². The molecule has 1 aromatic rings. The van der Waals surface area contributed by atoms with Gasteiger partial charge in [0, 0.05) is 17.0 Å². The number of hydrogen-bond donors (Lipinski definition) is 1. The zero-order chi connectivity index (χ0) is 16.2. The number of amides is 1. The van der Waals surface area contributed by atoms with Gasteiger partial charge in [0.25, 0.3) is 0 Å². The number of hydrogen-bond acceptors (Lipinski definition) is 3. The SMILES string of the molecule is N#C[C@]1(C(=O)N[C@@H]2COc3cc(F)c(Br)cc32)CC12CCCC2. The minimum atomic E-state index is -0.885. The summed E-state index contributed by atoms with van der Waals surface area (Å²) in [5.41, 5.74) is -0.248. The molecule has 23 heavy (non-hydrogen) atoms. The Morgan fingerprint density at radius 1 is 1.43 bits per heavy atom. The van der Waals surface area contributed by atoms with Gasteiger partial charge >= 0.3 is 0 Å². The lowest BCUT2D eigenvalue weighted by Crippen LogP contribution is -2.37. The van der Waals surface area contributed by atoms with E-state index in [1.54, 1.807) is 6.07 Å². The molecule has 0 bridgehead atoms. The van der Waals surface area contributed by atoms with Gasteiger partial charge in [-0.1, -0.05) is 12.8 Å². The Balaban J connectivity index is 1.56. The first kappa shape index (κ1) is 14.9. The van der Waals surface area contributed by atoms with Gasteiger partial charge in [0.1, 0.15) is 23.6 Å². The van der Waals surface area contributed by atoms with Crippen molar-refractivity contribution in [3.05, 3.63) is 28.0 Å². The largest absolute Gasteiger partial charge is 0.491 e. The summed E-state index contributed by atoms with van der Waals surface area (Å²) in [5, 5.41) is 12.6. The predicted octanol–water partition coefficient (Wildman–Crippen LogP) is 3.61. The van der Waals surface area contributed by atoms with E-state index in [1.165, 1.54) is 6.07 Å². The number of fused-ring (bicyclic) bond motifs is 1. The number of carbonyl (C=O) groups excluding carboxylic acids is 1. The first-order valence-electron chi connectivity index (χ1n) is 7.85. The van der Waals surface area contributed by atoms with Crippen LogP contribution in [0, 0.1) is 28.0 Å². The molecule has 6 heteroatoms. The van der Waals surface area contributed by atoms with Crippen LogP contribution in [0.1, 0.15) is 43.7 Å². The molecule has 2 atom stereocenters. The number of halogens is 2. The summed E-state index contributed by atoms with van der Waals surface area (Å²) in [5.74, 6) is -0.145. The lowest BCUT2D eigenvalue weighted by molar-refractivity contribution is -0.126. The van der Waals surface area contributed by atoms with Crippen molar-refractivity contribution in [2.24, 2.45) is 10.8 Å². The molecular weight excluding hydrogens is 363 g/mol. The van der Waals surface area contributed by atoms with Gasteiger partial charge in [-0.05, 0) is 41.3 Å². The Hall–Kier alpha value is -1.61. The molecule has 1 spiro atoms. The van der Waals surface area contributed by atoms with Crippen molar-refractivity contribution < 1.29 is 13.9 Å². The number of ether oxygens (including phenoxy) is 1. The standard InChI is InChI=1S/C17H16BrFN2O2/c18-11-5-10-13(7-23-14(10)6-12(11)19)21-15(22)17(9-20)8-16(17)3-1-2-4-16/h5-6,13H,1-4,7-8H2,(H,21,22)/t13-,17+/m1/s1. The van der Waals surface area contributed by atoms with Gasteiger partial charge in [0.2, 0.25) is 5.91 Å². The molecule has 1 aliphatic heterocycles. The second-order valence-corrected chi connectivity index (χ2v) is 7.68. The molecule has 1 N–H and O–H groups in total. The van der Waals surface area contributed by atoms with E-state index in [-0.39, 0.29) is 24.0 Å². The van der Waals surface area contributed by atoms with Crippen molar-refractivity contribution in [1.82, 2.24) is 5.32 Å². The Labute approximate surface area is 142 Å². The van der Waals surface area contributed by atoms with E-state index >= 15 is 0 Å². The highest BCUT2D eigenvalue weighted by molar-refractivity contribution is 9.10. The molecule has 2 aliphatic carbocycles. The van der Waals surface area contributed by atoms with Gasteiger partial charge in [0.15, 0.2) is 0 Å². The fourth-order valence-corrected chi connectivity index (χ4v) is 4.61. The number of nitriles is 1. The molecule has 1 aromatic carbocycles. The lowest BCUT2D eigenvalue weighted by atomic mass is 9.91. The highest BCUT2D eigenvalue weighted by Crippen LogP contribution is 2.71. The normalized spacial score (nSPS) is 29.7. The van der Waals surface area contributed by atoms with E-state index in [9.17, 15) is 14.4 Å². The van der Waals surface area contributed by atoms with Crippen molar-refractivity contribution in [1.29, 1.82) is 5.26 Å². The highest BCUT2D eigenvalue weighted by atomic mass is 79.9. The van der Waals surface area contributed by atoms with Gasteiger partial charge in [-0.3, -0.25) is 4.79 Å². The number of benzene rings is 1. The fourth-order valence-electron chi connectivity index (χ4n) is 4.25. The molecule has 1 amide bonds. The molecule has 1 heterocycles. The Kier molecular flexibility index (Phi) is 3.21. The molecule has 3 aliphatic rings. The van der Waals surface area contributed by atoms with Crippen LogP contribution < -0.4 is 10.1 Å². The number of carbonyl (C=O) groups is 1. The molecule has 120 valence electrons. The van der Waals surface area contributed by atoms with Crippen LogP contribution in [-0.4, -0.2) is 12.5 Å². The molecular formula is C17H16BrFN2O2. The summed E-state index contributed by atoms with van der Waals surface area (Å²) in [4.78, 5) is 12.8. The maximum Gasteiger partial charge on any atom is 0.241 e. The van der Waals surface area contributed by atoms with E-state index in [2.05, 4.69) is 27.3 Å². The summed E-state index contributed by atoms with van der Waals surface area (Å²) in [6.45, 7) is 0.269. The molecule has 4 nitrogen and oxygen atoms in total. The number of nitrogens with zero attached hydrogens (tertiary/aromatic N) is 1. The van der Waals surface area contributed by atoms with E-state index in [4.69, 9.17) is 4.74 Å². The summed E-state index contributed by atoms with van der Waals surface area (Å²) in [7, 11) is 0. The Morgan fingerprint density at radius 3 is 2.87 bits per heavy atom. The Bertz CT molecular complexity index is 739. The molecule has 2 fully saturated rings. The van der Waals surface area contributed by atoms with Crippen LogP contribution in [0.4, 0.5) is 4.39 Å². The van der Waals surface area contributed by atoms with Crippen LogP contribution in [0.2, 0.25) is 0 Å². The minimum Gasteiger partial charge on any atom is -0.491 e. The van der Waals surface area contributed by atoms with Crippen LogP contribution in [0.15, 0.2) is 16.6 Å². The van der Waals surface area contributed by atoms with Crippen LogP contribution in [0.3, 0.4) is 0 Å². The molecule has 4 rings (SSSR count). The summed E-state index contributed by atoms with van der Waals surface area (Å²) >= 11 is 3.16. The van der Waals surface area contributed by atoms with Crippen LogP contribution in [0.25, 0.3) is 0 Å².